The van der Waals surface area contributed by atoms with Gasteiger partial charge in [-0.1, -0.05) is 31.2 Å². The molecule has 2 atom stereocenters. The maximum atomic E-state index is 13.0. The van der Waals surface area contributed by atoms with Crippen LogP contribution in [0.2, 0.25) is 0 Å². The fraction of sp³-hybridized carbons (Fsp3) is 0.550. The van der Waals surface area contributed by atoms with Gasteiger partial charge in [0.05, 0.1) is 10.1 Å². The molecule has 0 N–H and O–H groups in total. The molecule has 0 aromatic heterocycles. The molecule has 1 fully saturated rings. The van der Waals surface area contributed by atoms with Crippen LogP contribution in [0.5, 0.6) is 0 Å². The molecule has 2 nitrogen and oxygen atoms in total. The Bertz CT molecular complexity index is 735. The van der Waals surface area contributed by atoms with E-state index >= 15 is 0 Å². The number of Topliss-reactive ketones (excluding diaryl/α,β-unsaturated/α-hetero) is 1. The van der Waals surface area contributed by atoms with Crippen molar-refractivity contribution in [2.24, 2.45) is 5.92 Å². The Labute approximate surface area is 152 Å². The zero-order valence-corrected chi connectivity index (χ0v) is 15.7. The predicted molar refractivity (Wildman–Crippen MR) is 102 cm³/mol. The van der Waals surface area contributed by atoms with Crippen molar-refractivity contribution < 1.29 is 4.79 Å². The first-order valence-corrected chi connectivity index (χ1v) is 11.0. The second kappa shape index (κ2) is 5.57. The van der Waals surface area contributed by atoms with E-state index in [0.29, 0.717) is 17.7 Å². The summed E-state index contributed by atoms with van der Waals surface area (Å²) in [6.45, 7) is 3.32. The standard InChI is InChI=1S/C20H23NOS2/c1-13-10-16-19(18(22)11-13)20(23-8-9-24-20)12-17-15-5-3-2-4-14(15)6-7-21(16)17/h2-5,13,17H,6-12H2,1H3. The lowest BCUT2D eigenvalue weighted by Crippen LogP contribution is -2.48. The number of ketones is 1. The van der Waals surface area contributed by atoms with E-state index < -0.39 is 0 Å². The third-order valence-electron chi connectivity index (χ3n) is 6.00. The molecular formula is C20H23NOS2. The predicted octanol–water partition coefficient (Wildman–Crippen LogP) is 4.42. The lowest BCUT2D eigenvalue weighted by molar-refractivity contribution is -0.117. The van der Waals surface area contributed by atoms with Crippen LogP contribution in [0.1, 0.15) is 43.4 Å². The van der Waals surface area contributed by atoms with E-state index in [1.165, 1.54) is 33.9 Å². The van der Waals surface area contributed by atoms with Gasteiger partial charge in [0.15, 0.2) is 5.78 Å². The highest BCUT2D eigenvalue weighted by Crippen LogP contribution is 2.61. The van der Waals surface area contributed by atoms with Crippen molar-refractivity contribution in [3.8, 4) is 0 Å². The average molecular weight is 358 g/mol. The van der Waals surface area contributed by atoms with Gasteiger partial charge in [-0.05, 0) is 29.9 Å². The summed E-state index contributed by atoms with van der Waals surface area (Å²) in [4.78, 5) is 15.6. The van der Waals surface area contributed by atoms with Crippen LogP contribution in [-0.2, 0) is 11.2 Å². The minimum atomic E-state index is 0.0260. The van der Waals surface area contributed by atoms with Crippen LogP contribution < -0.4 is 0 Å². The highest BCUT2D eigenvalue weighted by Gasteiger charge is 2.53. The Kier molecular flexibility index (Phi) is 3.57. The molecule has 1 aromatic carbocycles. The smallest absolute Gasteiger partial charge is 0.163 e. The molecule has 0 amide bonds. The molecule has 0 bridgehead atoms. The van der Waals surface area contributed by atoms with Crippen LogP contribution in [0.25, 0.3) is 0 Å². The third-order valence-corrected chi connectivity index (χ3v) is 9.46. The van der Waals surface area contributed by atoms with E-state index in [9.17, 15) is 4.79 Å². The van der Waals surface area contributed by atoms with Crippen LogP contribution in [0.4, 0.5) is 0 Å². The zero-order chi connectivity index (χ0) is 16.3. The summed E-state index contributed by atoms with van der Waals surface area (Å²) >= 11 is 4.09. The van der Waals surface area contributed by atoms with E-state index in [1.807, 2.05) is 23.5 Å². The Morgan fingerprint density at radius 2 is 1.96 bits per heavy atom. The fourth-order valence-corrected chi connectivity index (χ4v) is 8.51. The van der Waals surface area contributed by atoms with Gasteiger partial charge in [-0.15, -0.1) is 23.5 Å². The van der Waals surface area contributed by atoms with Gasteiger partial charge in [0, 0.05) is 42.2 Å². The lowest BCUT2D eigenvalue weighted by Gasteiger charge is -2.52. The van der Waals surface area contributed by atoms with Gasteiger partial charge in [-0.3, -0.25) is 4.79 Å². The Morgan fingerprint density at radius 3 is 2.79 bits per heavy atom. The molecule has 1 aliphatic carbocycles. The Balaban J connectivity index is 1.68. The number of carbonyl (C=O) groups excluding carboxylic acids is 1. The van der Waals surface area contributed by atoms with Gasteiger partial charge in [0.1, 0.15) is 0 Å². The van der Waals surface area contributed by atoms with Gasteiger partial charge in [0.2, 0.25) is 0 Å². The van der Waals surface area contributed by atoms with E-state index in [-0.39, 0.29) is 4.08 Å². The average Bonchev–Trinajstić information content (AvgIpc) is 3.03. The van der Waals surface area contributed by atoms with Crippen molar-refractivity contribution in [2.45, 2.75) is 42.7 Å². The van der Waals surface area contributed by atoms with Crippen molar-refractivity contribution in [2.75, 3.05) is 18.1 Å². The van der Waals surface area contributed by atoms with E-state index in [0.717, 1.165) is 32.2 Å². The molecule has 2 unspecified atom stereocenters. The molecule has 126 valence electrons. The molecule has 3 aliphatic heterocycles. The molecular weight excluding hydrogens is 334 g/mol. The monoisotopic (exact) mass is 357 g/mol. The summed E-state index contributed by atoms with van der Waals surface area (Å²) in [6, 6.07) is 9.44. The molecule has 4 heteroatoms. The summed E-state index contributed by atoms with van der Waals surface area (Å²) in [5.41, 5.74) is 5.62. The van der Waals surface area contributed by atoms with Crippen LogP contribution in [0.15, 0.2) is 35.5 Å². The Morgan fingerprint density at radius 1 is 1.17 bits per heavy atom. The molecule has 1 saturated heterocycles. The maximum absolute atomic E-state index is 13.0. The second-order valence-corrected chi connectivity index (χ2v) is 10.6. The molecule has 1 spiro atoms. The van der Waals surface area contributed by atoms with Gasteiger partial charge in [0.25, 0.3) is 0 Å². The third kappa shape index (κ3) is 2.15. The maximum Gasteiger partial charge on any atom is 0.163 e. The van der Waals surface area contributed by atoms with Crippen molar-refractivity contribution >= 4 is 29.3 Å². The van der Waals surface area contributed by atoms with Crippen LogP contribution >= 0.6 is 23.5 Å². The number of hydrogen-bond acceptors (Lipinski definition) is 4. The highest BCUT2D eigenvalue weighted by molar-refractivity contribution is 8.21. The van der Waals surface area contributed by atoms with Crippen LogP contribution in [0.3, 0.4) is 0 Å². The molecule has 4 aliphatic rings. The summed E-state index contributed by atoms with van der Waals surface area (Å²) in [6.07, 6.45) is 4.04. The molecule has 5 rings (SSSR count). The fourth-order valence-electron chi connectivity index (χ4n) is 5.05. The summed E-state index contributed by atoms with van der Waals surface area (Å²) in [5, 5.41) is 0. The minimum Gasteiger partial charge on any atom is -0.367 e. The molecule has 24 heavy (non-hydrogen) atoms. The van der Waals surface area contributed by atoms with Gasteiger partial charge < -0.3 is 4.90 Å². The highest BCUT2D eigenvalue weighted by atomic mass is 32.2. The molecule has 1 aromatic rings. The van der Waals surface area contributed by atoms with Crippen LogP contribution in [-0.4, -0.2) is 32.8 Å². The van der Waals surface area contributed by atoms with Gasteiger partial charge in [-0.25, -0.2) is 0 Å². The van der Waals surface area contributed by atoms with Crippen LogP contribution in [0, 0.1) is 5.92 Å². The van der Waals surface area contributed by atoms with Crippen molar-refractivity contribution in [3.63, 3.8) is 0 Å². The summed E-state index contributed by atoms with van der Waals surface area (Å²) in [5.74, 6) is 3.28. The number of hydrogen-bond donors (Lipinski definition) is 0. The minimum absolute atomic E-state index is 0.0260. The first-order chi connectivity index (χ1) is 11.7. The molecule has 3 heterocycles. The Hall–Kier alpha value is -0.870. The van der Waals surface area contributed by atoms with E-state index in [1.54, 1.807) is 0 Å². The second-order valence-electron chi connectivity index (χ2n) is 7.57. The van der Waals surface area contributed by atoms with Gasteiger partial charge in [-0.2, -0.15) is 0 Å². The molecule has 0 saturated carbocycles. The SMILES string of the molecule is CC1CC(=O)C2=C(C1)N1CCc3ccccc3C1CC21SCCS1. The zero-order valence-electron chi connectivity index (χ0n) is 14.1. The number of thioether (sulfide) groups is 2. The van der Waals surface area contributed by atoms with E-state index in [4.69, 9.17) is 0 Å². The number of rotatable bonds is 0. The molecule has 0 radical (unpaired) electrons. The lowest BCUT2D eigenvalue weighted by atomic mass is 9.77. The normalized spacial score (nSPS) is 31.0. The van der Waals surface area contributed by atoms with E-state index in [2.05, 4.69) is 36.1 Å². The largest absolute Gasteiger partial charge is 0.367 e. The van der Waals surface area contributed by atoms with Gasteiger partial charge >= 0.3 is 0 Å². The number of nitrogens with zero attached hydrogens (tertiary/aromatic N) is 1. The first-order valence-electron chi connectivity index (χ1n) is 9.07. The summed E-state index contributed by atoms with van der Waals surface area (Å²) in [7, 11) is 0. The number of allylic oxidation sites excluding steroid dienone is 1. The summed E-state index contributed by atoms with van der Waals surface area (Å²) < 4.78 is 0.0260. The number of carbonyl (C=O) groups is 1. The van der Waals surface area contributed by atoms with Crippen molar-refractivity contribution in [3.05, 3.63) is 46.7 Å². The number of fused-ring (bicyclic) bond motifs is 5. The quantitative estimate of drug-likeness (QED) is 0.685. The first kappa shape index (κ1) is 15.4. The van der Waals surface area contributed by atoms with Crippen molar-refractivity contribution in [1.82, 2.24) is 4.90 Å². The number of benzene rings is 1. The van der Waals surface area contributed by atoms with Crippen molar-refractivity contribution in [1.29, 1.82) is 0 Å². The topological polar surface area (TPSA) is 20.3 Å².